The van der Waals surface area contributed by atoms with Crippen molar-refractivity contribution in [2.45, 2.75) is 79.7 Å². The molecule has 1 saturated heterocycles. The number of carbonyl (C=O) groups is 2. The molecular weight excluding hydrogens is 538 g/mol. The molecular formula is C35H51N5O3. The Morgan fingerprint density at radius 3 is 2.19 bits per heavy atom. The number of benzene rings is 2. The Morgan fingerprint density at radius 2 is 1.56 bits per heavy atom. The fraction of sp³-hybridized carbons (Fsp3) is 0.571. The molecule has 0 bridgehead atoms. The van der Waals surface area contributed by atoms with Crippen LogP contribution in [0, 0.1) is 11.8 Å². The number of nitrogens with zero attached hydrogens (tertiary/aromatic N) is 4. The number of nitrogens with one attached hydrogen (secondary N) is 1. The van der Waals surface area contributed by atoms with Crippen LogP contribution in [0.15, 0.2) is 42.5 Å². The van der Waals surface area contributed by atoms with Gasteiger partial charge in [-0.25, -0.2) is 9.78 Å². The first kappa shape index (κ1) is 32.5. The molecule has 3 aromatic rings. The third-order valence-electron chi connectivity index (χ3n) is 8.19. The van der Waals surface area contributed by atoms with Gasteiger partial charge in [0.1, 0.15) is 0 Å². The maximum atomic E-state index is 13.8. The van der Waals surface area contributed by atoms with Crippen molar-refractivity contribution in [1.29, 1.82) is 0 Å². The van der Waals surface area contributed by atoms with Crippen LogP contribution in [0.5, 0.6) is 0 Å². The van der Waals surface area contributed by atoms with E-state index in [9.17, 15) is 9.59 Å². The quantitative estimate of drug-likeness (QED) is 0.187. The molecule has 1 aromatic heterocycles. The van der Waals surface area contributed by atoms with Crippen LogP contribution in [0.1, 0.15) is 93.9 Å². The van der Waals surface area contributed by atoms with E-state index in [2.05, 4.69) is 42.5 Å². The Hall–Kier alpha value is -3.39. The van der Waals surface area contributed by atoms with Gasteiger partial charge in [-0.2, -0.15) is 0 Å². The monoisotopic (exact) mass is 589 g/mol. The molecule has 0 aliphatic carbocycles. The molecule has 0 radical (unpaired) electrons. The number of hydrogen-bond acceptors (Lipinski definition) is 6. The summed E-state index contributed by atoms with van der Waals surface area (Å²) in [5.41, 5.74) is 3.89. The highest BCUT2D eigenvalue weighted by Crippen LogP contribution is 2.26. The van der Waals surface area contributed by atoms with E-state index in [1.807, 2.05) is 35.2 Å². The first-order valence-corrected chi connectivity index (χ1v) is 16.3. The lowest BCUT2D eigenvalue weighted by Gasteiger charge is -2.26. The van der Waals surface area contributed by atoms with Gasteiger partial charge in [-0.15, -0.1) is 0 Å². The highest BCUT2D eigenvalue weighted by atomic mass is 16.5. The molecule has 1 aliphatic heterocycles. The lowest BCUT2D eigenvalue weighted by Crippen LogP contribution is -2.34. The van der Waals surface area contributed by atoms with Gasteiger partial charge in [-0.05, 0) is 113 Å². The van der Waals surface area contributed by atoms with Crippen molar-refractivity contribution in [1.82, 2.24) is 19.4 Å². The van der Waals surface area contributed by atoms with Crippen molar-refractivity contribution in [3.05, 3.63) is 53.6 Å². The maximum Gasteiger partial charge on any atom is 0.338 e. The highest BCUT2D eigenvalue weighted by Gasteiger charge is 2.20. The first-order chi connectivity index (χ1) is 20.7. The Labute approximate surface area is 257 Å². The molecule has 43 heavy (non-hydrogen) atoms. The fourth-order valence-corrected chi connectivity index (χ4v) is 5.57. The lowest BCUT2D eigenvalue weighted by molar-refractivity contribution is 0.0526. The normalized spacial score (nSPS) is 14.0. The van der Waals surface area contributed by atoms with Crippen molar-refractivity contribution in [2.24, 2.45) is 11.8 Å². The van der Waals surface area contributed by atoms with E-state index in [1.165, 1.54) is 32.4 Å². The van der Waals surface area contributed by atoms with Crippen molar-refractivity contribution < 1.29 is 14.3 Å². The number of fused-ring (bicyclic) bond motifs is 1. The van der Waals surface area contributed by atoms with Gasteiger partial charge in [0.15, 0.2) is 0 Å². The molecule has 0 unspecified atom stereocenters. The van der Waals surface area contributed by atoms with Crippen molar-refractivity contribution in [2.75, 3.05) is 44.6 Å². The molecule has 8 nitrogen and oxygen atoms in total. The van der Waals surface area contributed by atoms with E-state index in [0.717, 1.165) is 68.1 Å². The Kier molecular flexibility index (Phi) is 12.0. The summed E-state index contributed by atoms with van der Waals surface area (Å²) in [6, 6.07) is 13.2. The summed E-state index contributed by atoms with van der Waals surface area (Å²) in [4.78, 5) is 35.5. The smallest absolute Gasteiger partial charge is 0.338 e. The number of aromatic nitrogens is 2. The van der Waals surface area contributed by atoms with Gasteiger partial charge in [-0.1, -0.05) is 34.1 Å². The number of esters is 1. The zero-order chi connectivity index (χ0) is 30.8. The predicted molar refractivity (Wildman–Crippen MR) is 175 cm³/mol. The number of aryl methyl sites for hydroxylation is 1. The molecule has 2 heterocycles. The second-order valence-electron chi connectivity index (χ2n) is 12.6. The van der Waals surface area contributed by atoms with Gasteiger partial charge in [0, 0.05) is 30.9 Å². The summed E-state index contributed by atoms with van der Waals surface area (Å²) in [6.45, 7) is 16.7. The van der Waals surface area contributed by atoms with Crippen LogP contribution in [-0.4, -0.2) is 70.6 Å². The van der Waals surface area contributed by atoms with E-state index in [-0.39, 0.29) is 11.9 Å². The summed E-state index contributed by atoms with van der Waals surface area (Å²) < 4.78 is 7.34. The lowest BCUT2D eigenvalue weighted by atomic mass is 10.1. The van der Waals surface area contributed by atoms with E-state index in [0.29, 0.717) is 29.6 Å². The Morgan fingerprint density at radius 1 is 0.907 bits per heavy atom. The number of likely N-dealkylation sites (tertiary alicyclic amines) is 1. The molecule has 1 aliphatic rings. The van der Waals surface area contributed by atoms with E-state index >= 15 is 0 Å². The van der Waals surface area contributed by atoms with Crippen LogP contribution >= 0.6 is 0 Å². The summed E-state index contributed by atoms with van der Waals surface area (Å²) in [5, 5.41) is 3.48. The van der Waals surface area contributed by atoms with Gasteiger partial charge in [-0.3, -0.25) is 4.79 Å². The molecule has 1 amide bonds. The summed E-state index contributed by atoms with van der Waals surface area (Å²) in [7, 11) is 0. The third kappa shape index (κ3) is 9.30. The minimum Gasteiger partial charge on any atom is -0.462 e. The van der Waals surface area contributed by atoms with Crippen LogP contribution < -0.4 is 5.32 Å². The molecule has 4 rings (SSSR count). The highest BCUT2D eigenvalue weighted by molar-refractivity contribution is 5.98. The molecule has 0 saturated carbocycles. The van der Waals surface area contributed by atoms with E-state index in [1.54, 1.807) is 19.1 Å². The zero-order valence-corrected chi connectivity index (χ0v) is 26.9. The predicted octanol–water partition coefficient (Wildman–Crippen LogP) is 7.37. The summed E-state index contributed by atoms with van der Waals surface area (Å²) in [6.07, 6.45) is 6.85. The van der Waals surface area contributed by atoms with Crippen LogP contribution in [0.2, 0.25) is 0 Å². The van der Waals surface area contributed by atoms with Gasteiger partial charge < -0.3 is 24.4 Å². The van der Waals surface area contributed by atoms with Crippen LogP contribution in [-0.2, 0) is 11.3 Å². The van der Waals surface area contributed by atoms with E-state index in [4.69, 9.17) is 9.72 Å². The van der Waals surface area contributed by atoms with E-state index < -0.39 is 0 Å². The number of ether oxygens (including phenoxy) is 1. The van der Waals surface area contributed by atoms with Gasteiger partial charge in [0.25, 0.3) is 5.91 Å². The number of rotatable bonds is 15. The van der Waals surface area contributed by atoms with Crippen molar-refractivity contribution >= 4 is 34.5 Å². The minimum absolute atomic E-state index is 0.0910. The summed E-state index contributed by atoms with van der Waals surface area (Å²) in [5.74, 6) is 1.58. The van der Waals surface area contributed by atoms with Gasteiger partial charge >= 0.3 is 5.97 Å². The number of imidazole rings is 1. The largest absolute Gasteiger partial charge is 0.462 e. The number of anilines is 2. The van der Waals surface area contributed by atoms with Crippen LogP contribution in [0.3, 0.4) is 0 Å². The maximum absolute atomic E-state index is 13.8. The number of hydrogen-bond donors (Lipinski definition) is 1. The van der Waals surface area contributed by atoms with Gasteiger partial charge in [0.05, 0.1) is 23.2 Å². The molecule has 2 aromatic carbocycles. The van der Waals surface area contributed by atoms with Crippen LogP contribution in [0.4, 0.5) is 11.6 Å². The van der Waals surface area contributed by atoms with Crippen molar-refractivity contribution in [3.63, 3.8) is 0 Å². The number of carbonyl (C=O) groups excluding carboxylic acids is 2. The molecule has 0 atom stereocenters. The standard InChI is InChI=1S/C35H51N5O3/c1-6-43-34(42)28-11-14-30(15-12-28)36-35-37-31-16-13-29(33(41)39(23-17-26(2)3)24-18-27(4)5)25-32(31)40(35)22-10-21-38-19-8-7-9-20-38/h11-16,25-27H,6-10,17-24H2,1-5H3,(H,36,37). The SMILES string of the molecule is CCOC(=O)c1ccc(Nc2nc3ccc(C(=O)N(CCC(C)C)CCC(C)C)cc3n2CCCN2CCCCC2)cc1. The third-order valence-corrected chi connectivity index (χ3v) is 8.19. The Bertz CT molecular complexity index is 1310. The Balaban J connectivity index is 1.61. The number of piperidine rings is 1. The number of amides is 1. The zero-order valence-electron chi connectivity index (χ0n) is 26.9. The topological polar surface area (TPSA) is 79.7 Å². The van der Waals surface area contributed by atoms with Crippen LogP contribution in [0.25, 0.3) is 11.0 Å². The van der Waals surface area contributed by atoms with Crippen molar-refractivity contribution in [3.8, 4) is 0 Å². The minimum atomic E-state index is -0.327. The second-order valence-corrected chi connectivity index (χ2v) is 12.6. The average molecular weight is 590 g/mol. The molecule has 1 N–H and O–H groups in total. The molecule has 1 fully saturated rings. The molecule has 0 spiro atoms. The molecule has 8 heteroatoms. The first-order valence-electron chi connectivity index (χ1n) is 16.3. The summed E-state index contributed by atoms with van der Waals surface area (Å²) >= 11 is 0. The average Bonchev–Trinajstić information content (AvgIpc) is 3.33. The second kappa shape index (κ2) is 15.9. The van der Waals surface area contributed by atoms with Gasteiger partial charge in [0.2, 0.25) is 5.95 Å². The fourth-order valence-electron chi connectivity index (χ4n) is 5.57. The molecule has 234 valence electrons.